The number of benzene rings is 1. The highest BCUT2D eigenvalue weighted by Gasteiger charge is 2.24. The smallest absolute Gasteiger partial charge is 0.343 e. The van der Waals surface area contributed by atoms with Crippen LogP contribution in [0.1, 0.15) is 60.4 Å². The summed E-state index contributed by atoms with van der Waals surface area (Å²) in [5.74, 6) is 0.104. The second-order valence-electron chi connectivity index (χ2n) is 7.06. The lowest BCUT2D eigenvalue weighted by molar-refractivity contribution is 0.00649. The lowest BCUT2D eigenvalue weighted by Crippen LogP contribution is -2.24. The Kier molecular flexibility index (Phi) is 7.07. The summed E-state index contributed by atoms with van der Waals surface area (Å²) in [6, 6.07) is 7.19. The van der Waals surface area contributed by atoms with Crippen molar-refractivity contribution in [2.24, 2.45) is 0 Å². The Morgan fingerprint density at radius 1 is 1.22 bits per heavy atom. The number of esters is 2. The van der Waals surface area contributed by atoms with E-state index in [9.17, 15) is 9.59 Å². The molecule has 2 rings (SSSR count). The summed E-state index contributed by atoms with van der Waals surface area (Å²) in [5.41, 5.74) is 1.28. The molecular weight excluding hydrogens is 364 g/mol. The van der Waals surface area contributed by atoms with Crippen LogP contribution < -0.4 is 0 Å². The van der Waals surface area contributed by atoms with Crippen molar-refractivity contribution >= 4 is 23.7 Å². The Hall–Kier alpha value is -2.28. The highest BCUT2D eigenvalue weighted by Crippen LogP contribution is 2.26. The molecule has 6 nitrogen and oxygen atoms in total. The van der Waals surface area contributed by atoms with Crippen LogP contribution in [0.4, 0.5) is 0 Å². The van der Waals surface area contributed by atoms with Gasteiger partial charge in [-0.25, -0.2) is 9.59 Å². The number of hydrogen-bond donors (Lipinski definition) is 0. The predicted molar refractivity (Wildman–Crippen MR) is 105 cm³/mol. The molecule has 0 aliphatic rings. The monoisotopic (exact) mass is 390 g/mol. The Labute approximate surface area is 164 Å². The van der Waals surface area contributed by atoms with Crippen molar-refractivity contribution in [3.05, 3.63) is 47.2 Å². The van der Waals surface area contributed by atoms with Gasteiger partial charge in [-0.15, -0.1) is 11.8 Å². The van der Waals surface area contributed by atoms with Crippen LogP contribution in [0.15, 0.2) is 35.5 Å². The molecule has 0 spiro atoms. The molecule has 0 atom stereocenters. The summed E-state index contributed by atoms with van der Waals surface area (Å²) in [5, 5.41) is 5.16. The summed E-state index contributed by atoms with van der Waals surface area (Å²) in [4.78, 5) is 24.3. The van der Waals surface area contributed by atoms with Gasteiger partial charge in [-0.2, -0.15) is 5.10 Å². The van der Waals surface area contributed by atoms with Crippen LogP contribution in [0.25, 0.3) is 0 Å². The van der Waals surface area contributed by atoms with Crippen molar-refractivity contribution in [2.75, 3.05) is 12.9 Å². The van der Waals surface area contributed by atoms with Gasteiger partial charge in [0.15, 0.2) is 0 Å². The van der Waals surface area contributed by atoms with E-state index in [-0.39, 0.29) is 11.9 Å². The molecule has 27 heavy (non-hydrogen) atoms. The minimum absolute atomic E-state index is 0.379. The van der Waals surface area contributed by atoms with Crippen molar-refractivity contribution in [2.45, 2.75) is 51.3 Å². The first-order valence-electron chi connectivity index (χ1n) is 8.84. The van der Waals surface area contributed by atoms with E-state index < -0.39 is 5.60 Å². The summed E-state index contributed by atoms with van der Waals surface area (Å²) >= 11 is 1.58. The third-order valence-corrected chi connectivity index (χ3v) is 4.85. The van der Waals surface area contributed by atoms with Gasteiger partial charge in [0.1, 0.15) is 16.2 Å². The van der Waals surface area contributed by atoms with Crippen molar-refractivity contribution in [3.8, 4) is 0 Å². The number of hydrogen-bond acceptors (Lipinski definition) is 6. The largest absolute Gasteiger partial charge is 0.465 e. The molecule has 0 amide bonds. The van der Waals surface area contributed by atoms with E-state index in [1.165, 1.54) is 7.11 Å². The third kappa shape index (κ3) is 5.85. The van der Waals surface area contributed by atoms with Crippen LogP contribution in [0.3, 0.4) is 0 Å². The van der Waals surface area contributed by atoms with Gasteiger partial charge in [-0.3, -0.25) is 4.68 Å². The summed E-state index contributed by atoms with van der Waals surface area (Å²) in [6.07, 6.45) is 2.53. The van der Waals surface area contributed by atoms with E-state index in [0.717, 1.165) is 22.8 Å². The number of carbonyl (C=O) groups is 2. The van der Waals surface area contributed by atoms with Gasteiger partial charge in [-0.05, 0) is 50.6 Å². The number of carbonyl (C=O) groups excluding carboxylic acids is 2. The van der Waals surface area contributed by atoms with Crippen LogP contribution in [0.5, 0.6) is 0 Å². The normalized spacial score (nSPS) is 11.3. The minimum atomic E-state index is -0.569. The topological polar surface area (TPSA) is 70.4 Å². The second kappa shape index (κ2) is 9.08. The predicted octanol–water partition coefficient (Wildman–Crippen LogP) is 4.18. The van der Waals surface area contributed by atoms with Crippen molar-refractivity contribution in [1.29, 1.82) is 0 Å². The molecule has 0 aliphatic heterocycles. The van der Waals surface area contributed by atoms with Gasteiger partial charge in [0, 0.05) is 0 Å². The number of nitrogens with zero attached hydrogens (tertiary/aromatic N) is 2. The van der Waals surface area contributed by atoms with Crippen LogP contribution in [0, 0.1) is 0 Å². The van der Waals surface area contributed by atoms with Crippen LogP contribution in [-0.2, 0) is 16.0 Å². The first-order chi connectivity index (χ1) is 12.7. The Bertz CT molecular complexity index is 809. The van der Waals surface area contributed by atoms with Gasteiger partial charge in [0.05, 0.1) is 25.4 Å². The van der Waals surface area contributed by atoms with Crippen LogP contribution in [0.2, 0.25) is 0 Å². The molecule has 0 unspecified atom stereocenters. The molecule has 0 radical (unpaired) electrons. The zero-order valence-corrected chi connectivity index (χ0v) is 17.3. The van der Waals surface area contributed by atoms with Crippen molar-refractivity contribution in [3.63, 3.8) is 0 Å². The average molecular weight is 391 g/mol. The maximum Gasteiger partial charge on any atom is 0.343 e. The molecule has 0 saturated heterocycles. The number of rotatable bonds is 7. The third-order valence-electron chi connectivity index (χ3n) is 3.53. The lowest BCUT2D eigenvalue weighted by Gasteiger charge is -2.19. The van der Waals surface area contributed by atoms with Crippen LogP contribution in [-0.4, -0.2) is 40.2 Å². The van der Waals surface area contributed by atoms with E-state index in [2.05, 4.69) is 12.0 Å². The quantitative estimate of drug-likeness (QED) is 0.522. The van der Waals surface area contributed by atoms with E-state index >= 15 is 0 Å². The van der Waals surface area contributed by atoms with Crippen molar-refractivity contribution < 1.29 is 19.1 Å². The molecule has 0 bridgehead atoms. The first kappa shape index (κ1) is 21.0. The van der Waals surface area contributed by atoms with Gasteiger partial charge < -0.3 is 9.47 Å². The maximum absolute atomic E-state index is 12.5. The second-order valence-corrected chi connectivity index (χ2v) is 8.15. The molecule has 146 valence electrons. The van der Waals surface area contributed by atoms with Crippen LogP contribution >= 0.6 is 11.8 Å². The van der Waals surface area contributed by atoms with Gasteiger partial charge in [-0.1, -0.05) is 19.1 Å². The summed E-state index contributed by atoms with van der Waals surface area (Å²) in [6.45, 7) is 8.05. The molecule has 0 saturated carbocycles. The Morgan fingerprint density at radius 2 is 1.96 bits per heavy atom. The first-order valence-corrected chi connectivity index (χ1v) is 9.83. The fourth-order valence-corrected chi connectivity index (χ4v) is 3.35. The minimum Gasteiger partial charge on any atom is -0.465 e. The molecule has 1 aromatic heterocycles. The average Bonchev–Trinajstić information content (AvgIpc) is 3.00. The van der Waals surface area contributed by atoms with E-state index in [1.54, 1.807) is 40.8 Å². The lowest BCUT2D eigenvalue weighted by atomic mass is 10.1. The number of ether oxygens (including phenoxy) is 2. The Morgan fingerprint density at radius 3 is 2.59 bits per heavy atom. The maximum atomic E-state index is 12.5. The summed E-state index contributed by atoms with van der Waals surface area (Å²) in [7, 11) is 1.36. The zero-order chi connectivity index (χ0) is 20.0. The van der Waals surface area contributed by atoms with Gasteiger partial charge in [0.2, 0.25) is 0 Å². The molecule has 0 fully saturated rings. The van der Waals surface area contributed by atoms with E-state index in [4.69, 9.17) is 9.47 Å². The van der Waals surface area contributed by atoms with Gasteiger partial charge >= 0.3 is 11.9 Å². The summed E-state index contributed by atoms with van der Waals surface area (Å²) < 4.78 is 12.1. The highest BCUT2D eigenvalue weighted by atomic mass is 32.2. The van der Waals surface area contributed by atoms with E-state index in [1.807, 2.05) is 26.8 Å². The fraction of sp³-hybridized carbons (Fsp3) is 0.450. The number of thioether (sulfide) groups is 1. The molecule has 0 N–H and O–H groups in total. The fourth-order valence-electron chi connectivity index (χ4n) is 2.40. The zero-order valence-electron chi connectivity index (χ0n) is 16.4. The highest BCUT2D eigenvalue weighted by molar-refractivity contribution is 7.99. The number of aromatic nitrogens is 2. The van der Waals surface area contributed by atoms with E-state index in [0.29, 0.717) is 17.7 Å². The van der Waals surface area contributed by atoms with Gasteiger partial charge in [0.25, 0.3) is 0 Å². The molecule has 2 aromatic rings. The molecular formula is C20H26N2O4S. The number of methoxy groups -OCH3 is 1. The Balaban J connectivity index is 2.31. The molecule has 1 heterocycles. The molecule has 7 heteroatoms. The molecule has 0 aliphatic carbocycles. The standard InChI is InChI=1S/C20H26N2O4S/c1-6-10-27-17-16(19(24)26-20(2,3)4)12-21-22(17)13-14-8-7-9-15(11-14)18(23)25-5/h7-9,11-12H,6,10,13H2,1-5H3. The SMILES string of the molecule is CCCSc1c(C(=O)OC(C)(C)C)cnn1Cc1cccc(C(=O)OC)c1. The van der Waals surface area contributed by atoms with Crippen molar-refractivity contribution in [1.82, 2.24) is 9.78 Å². The molecule has 1 aromatic carbocycles.